The van der Waals surface area contributed by atoms with Crippen molar-refractivity contribution in [2.45, 2.75) is 0 Å². The van der Waals surface area contributed by atoms with Gasteiger partial charge in [0.25, 0.3) is 0 Å². The van der Waals surface area contributed by atoms with Gasteiger partial charge in [-0.25, -0.2) is 9.67 Å². The van der Waals surface area contributed by atoms with Crippen molar-refractivity contribution in [2.24, 2.45) is 0 Å². The number of hydrogen-bond donors (Lipinski definition) is 1. The molecule has 0 saturated heterocycles. The summed E-state index contributed by atoms with van der Waals surface area (Å²) < 4.78 is 1.86. The van der Waals surface area contributed by atoms with Crippen LogP contribution in [0.1, 0.15) is 0 Å². The summed E-state index contributed by atoms with van der Waals surface area (Å²) in [4.78, 5) is 8.94. The highest BCUT2D eigenvalue weighted by Crippen LogP contribution is 2.28. The van der Waals surface area contributed by atoms with Gasteiger partial charge in [-0.3, -0.25) is 0 Å². The molecule has 2 heterocycles. The van der Waals surface area contributed by atoms with Gasteiger partial charge in [-0.2, -0.15) is 10.1 Å². The van der Waals surface area contributed by atoms with E-state index in [0.29, 0.717) is 5.95 Å². The fourth-order valence-electron chi connectivity index (χ4n) is 2.58. The van der Waals surface area contributed by atoms with Crippen LogP contribution >= 0.6 is 0 Å². The van der Waals surface area contributed by atoms with Crippen molar-refractivity contribution in [1.29, 1.82) is 0 Å². The Morgan fingerprint density at radius 1 is 0.913 bits per heavy atom. The third-order valence-electron chi connectivity index (χ3n) is 3.70. The topological polar surface area (TPSA) is 55.6 Å². The average molecular weight is 301 g/mol. The molecule has 2 aromatic carbocycles. The molecular formula is C18H15N5. The fraction of sp³-hybridized carbons (Fsp3) is 0.0556. The van der Waals surface area contributed by atoms with Gasteiger partial charge in [0.15, 0.2) is 5.65 Å². The summed E-state index contributed by atoms with van der Waals surface area (Å²) in [7, 11) is 1.81. The van der Waals surface area contributed by atoms with Gasteiger partial charge in [0.1, 0.15) is 5.69 Å². The van der Waals surface area contributed by atoms with E-state index in [1.807, 2.05) is 78.6 Å². The van der Waals surface area contributed by atoms with E-state index in [-0.39, 0.29) is 0 Å². The quantitative estimate of drug-likeness (QED) is 0.629. The molecule has 4 rings (SSSR count). The molecule has 5 nitrogen and oxygen atoms in total. The lowest BCUT2D eigenvalue weighted by atomic mass is 10.1. The summed E-state index contributed by atoms with van der Waals surface area (Å²) >= 11 is 0. The highest BCUT2D eigenvalue weighted by atomic mass is 15.3. The van der Waals surface area contributed by atoms with Crippen LogP contribution in [0.5, 0.6) is 0 Å². The first-order valence-corrected chi connectivity index (χ1v) is 7.41. The summed E-state index contributed by atoms with van der Waals surface area (Å²) in [5.74, 6) is 0.578. The van der Waals surface area contributed by atoms with Gasteiger partial charge in [0, 0.05) is 18.8 Å². The summed E-state index contributed by atoms with van der Waals surface area (Å²) in [5.41, 5.74) is 3.69. The minimum Gasteiger partial charge on any atom is -0.357 e. The second-order valence-corrected chi connectivity index (χ2v) is 5.14. The van der Waals surface area contributed by atoms with Crippen molar-refractivity contribution in [2.75, 3.05) is 12.4 Å². The first kappa shape index (κ1) is 13.5. The molecule has 0 spiro atoms. The highest BCUT2D eigenvalue weighted by Gasteiger charge is 2.15. The smallest absolute Gasteiger partial charge is 0.224 e. The van der Waals surface area contributed by atoms with Crippen LogP contribution in [-0.4, -0.2) is 26.8 Å². The zero-order valence-corrected chi connectivity index (χ0v) is 12.6. The zero-order chi connectivity index (χ0) is 15.6. The summed E-state index contributed by atoms with van der Waals surface area (Å²) in [6.07, 6.45) is 1.82. The first-order chi connectivity index (χ1) is 11.4. The number of fused-ring (bicyclic) bond motifs is 1. The second kappa shape index (κ2) is 5.53. The monoisotopic (exact) mass is 301 g/mol. The Labute approximate surface area is 133 Å². The molecule has 0 bridgehead atoms. The maximum absolute atomic E-state index is 4.79. The van der Waals surface area contributed by atoms with Crippen LogP contribution in [0.4, 0.5) is 5.95 Å². The van der Waals surface area contributed by atoms with Crippen LogP contribution < -0.4 is 5.32 Å². The molecular weight excluding hydrogens is 286 g/mol. The summed E-state index contributed by atoms with van der Waals surface area (Å²) in [5, 5.41) is 8.70. The summed E-state index contributed by atoms with van der Waals surface area (Å²) in [6.45, 7) is 0. The SMILES string of the molecule is CNc1ncc2c(-c3ccccc3)nn(-c3ccccc3)c2n1. The van der Waals surface area contributed by atoms with Gasteiger partial charge < -0.3 is 5.32 Å². The molecule has 0 unspecified atom stereocenters. The van der Waals surface area contributed by atoms with Gasteiger partial charge in [0.05, 0.1) is 11.1 Å². The zero-order valence-electron chi connectivity index (χ0n) is 12.6. The molecule has 5 heteroatoms. The van der Waals surface area contributed by atoms with Gasteiger partial charge in [-0.05, 0) is 12.1 Å². The van der Waals surface area contributed by atoms with Crippen LogP contribution in [0.2, 0.25) is 0 Å². The van der Waals surface area contributed by atoms with E-state index in [4.69, 9.17) is 5.10 Å². The molecule has 23 heavy (non-hydrogen) atoms. The van der Waals surface area contributed by atoms with Crippen LogP contribution in [-0.2, 0) is 0 Å². The third kappa shape index (κ3) is 2.32. The predicted molar refractivity (Wildman–Crippen MR) is 91.6 cm³/mol. The Morgan fingerprint density at radius 2 is 1.61 bits per heavy atom. The van der Waals surface area contributed by atoms with E-state index in [2.05, 4.69) is 15.3 Å². The molecule has 4 aromatic rings. The highest BCUT2D eigenvalue weighted by molar-refractivity contribution is 5.92. The van der Waals surface area contributed by atoms with Gasteiger partial charge in [-0.15, -0.1) is 0 Å². The molecule has 0 fully saturated rings. The Kier molecular flexibility index (Phi) is 3.24. The lowest BCUT2D eigenvalue weighted by molar-refractivity contribution is 0.899. The van der Waals surface area contributed by atoms with Crippen molar-refractivity contribution in [3.8, 4) is 16.9 Å². The Morgan fingerprint density at radius 3 is 2.30 bits per heavy atom. The van der Waals surface area contributed by atoms with Crippen LogP contribution in [0.15, 0.2) is 66.9 Å². The largest absolute Gasteiger partial charge is 0.357 e. The van der Waals surface area contributed by atoms with Crippen molar-refractivity contribution in [3.05, 3.63) is 66.9 Å². The fourth-order valence-corrected chi connectivity index (χ4v) is 2.58. The van der Waals surface area contributed by atoms with E-state index < -0.39 is 0 Å². The molecule has 0 amide bonds. The Bertz CT molecular complexity index is 945. The number of para-hydroxylation sites is 1. The van der Waals surface area contributed by atoms with Crippen LogP contribution in [0.25, 0.3) is 28.0 Å². The molecule has 112 valence electrons. The third-order valence-corrected chi connectivity index (χ3v) is 3.70. The van der Waals surface area contributed by atoms with E-state index >= 15 is 0 Å². The van der Waals surface area contributed by atoms with E-state index in [1.54, 1.807) is 0 Å². The normalized spacial score (nSPS) is 10.8. The number of nitrogens with one attached hydrogen (secondary N) is 1. The number of aromatic nitrogens is 4. The molecule has 2 aromatic heterocycles. The second-order valence-electron chi connectivity index (χ2n) is 5.14. The average Bonchev–Trinajstić information content (AvgIpc) is 3.02. The minimum absolute atomic E-state index is 0.578. The van der Waals surface area contributed by atoms with E-state index in [1.165, 1.54) is 0 Å². The van der Waals surface area contributed by atoms with E-state index in [9.17, 15) is 0 Å². The maximum atomic E-state index is 4.79. The molecule has 0 aliphatic heterocycles. The number of nitrogens with zero attached hydrogens (tertiary/aromatic N) is 4. The maximum Gasteiger partial charge on any atom is 0.224 e. The molecule has 0 aliphatic rings. The Hall–Kier alpha value is -3.21. The number of hydrogen-bond acceptors (Lipinski definition) is 4. The van der Waals surface area contributed by atoms with Crippen LogP contribution in [0, 0.1) is 0 Å². The standard InChI is InChI=1S/C18H15N5/c1-19-18-20-12-15-16(13-8-4-2-5-9-13)22-23(17(15)21-18)14-10-6-3-7-11-14/h2-12H,1H3,(H,19,20,21). The lowest BCUT2D eigenvalue weighted by Gasteiger charge is -2.03. The van der Waals surface area contributed by atoms with E-state index in [0.717, 1.165) is 28.0 Å². The van der Waals surface area contributed by atoms with Crippen molar-refractivity contribution >= 4 is 17.0 Å². The molecule has 0 aliphatic carbocycles. The Balaban J connectivity index is 2.02. The lowest BCUT2D eigenvalue weighted by Crippen LogP contribution is -2.00. The van der Waals surface area contributed by atoms with Crippen molar-refractivity contribution in [1.82, 2.24) is 19.7 Å². The number of anilines is 1. The molecule has 0 saturated carbocycles. The number of rotatable bonds is 3. The van der Waals surface area contributed by atoms with Gasteiger partial charge >= 0.3 is 0 Å². The predicted octanol–water partition coefficient (Wildman–Crippen LogP) is 3.52. The minimum atomic E-state index is 0.578. The molecule has 0 radical (unpaired) electrons. The van der Waals surface area contributed by atoms with Crippen LogP contribution in [0.3, 0.4) is 0 Å². The number of benzene rings is 2. The first-order valence-electron chi connectivity index (χ1n) is 7.41. The van der Waals surface area contributed by atoms with Gasteiger partial charge in [-0.1, -0.05) is 48.5 Å². The molecule has 1 N–H and O–H groups in total. The van der Waals surface area contributed by atoms with Crippen molar-refractivity contribution < 1.29 is 0 Å². The molecule has 0 atom stereocenters. The van der Waals surface area contributed by atoms with Crippen molar-refractivity contribution in [3.63, 3.8) is 0 Å². The van der Waals surface area contributed by atoms with Gasteiger partial charge in [0.2, 0.25) is 5.95 Å². The summed E-state index contributed by atoms with van der Waals surface area (Å²) in [6, 6.07) is 20.1.